The van der Waals surface area contributed by atoms with Crippen LogP contribution in [0.4, 0.5) is 5.82 Å². The number of likely N-dealkylation sites (tertiary alicyclic amines) is 1. The van der Waals surface area contributed by atoms with Gasteiger partial charge in [0.25, 0.3) is 5.56 Å². The Hall–Kier alpha value is -2.38. The van der Waals surface area contributed by atoms with Gasteiger partial charge in [-0.25, -0.2) is 4.98 Å². The highest BCUT2D eigenvalue weighted by molar-refractivity contribution is 5.79. The number of nitrogens with zero attached hydrogens (tertiary/aromatic N) is 4. The Morgan fingerprint density at radius 2 is 1.88 bits per heavy atom. The molecule has 0 unspecified atom stereocenters. The molecule has 2 saturated heterocycles. The van der Waals surface area contributed by atoms with Gasteiger partial charge in [-0.15, -0.1) is 0 Å². The molecule has 8 heteroatoms. The summed E-state index contributed by atoms with van der Waals surface area (Å²) in [4.78, 5) is 48.5. The minimum atomic E-state index is -0.207. The van der Waals surface area contributed by atoms with Gasteiger partial charge in [0.2, 0.25) is 11.8 Å². The molecule has 3 heterocycles. The zero-order valence-corrected chi connectivity index (χ0v) is 14.4. The number of rotatable bonds is 4. The molecule has 1 aromatic heterocycles. The summed E-state index contributed by atoms with van der Waals surface area (Å²) < 4.78 is 0. The van der Waals surface area contributed by atoms with Crippen molar-refractivity contribution in [3.63, 3.8) is 0 Å². The van der Waals surface area contributed by atoms with E-state index >= 15 is 0 Å². The molecule has 8 nitrogen and oxygen atoms in total. The highest BCUT2D eigenvalue weighted by atomic mass is 16.2. The van der Waals surface area contributed by atoms with Crippen molar-refractivity contribution in [2.24, 2.45) is 0 Å². The second-order valence-corrected chi connectivity index (χ2v) is 6.55. The fourth-order valence-corrected chi connectivity index (χ4v) is 3.40. The SMILES string of the molecule is O=C1CCCCCN1CCC(=O)N1CCN(c2ncc[nH]c2=O)CC1. The number of piperazine rings is 1. The van der Waals surface area contributed by atoms with E-state index in [0.29, 0.717) is 51.4 Å². The summed E-state index contributed by atoms with van der Waals surface area (Å²) in [6.07, 6.45) is 7.11. The number of anilines is 1. The Bertz CT molecular complexity index is 666. The Morgan fingerprint density at radius 1 is 1.08 bits per heavy atom. The summed E-state index contributed by atoms with van der Waals surface area (Å²) in [6.45, 7) is 3.61. The lowest BCUT2D eigenvalue weighted by molar-refractivity contribution is -0.134. The predicted molar refractivity (Wildman–Crippen MR) is 93.3 cm³/mol. The number of carbonyl (C=O) groups excluding carboxylic acids is 2. The van der Waals surface area contributed by atoms with Crippen LogP contribution in [0, 0.1) is 0 Å². The second-order valence-electron chi connectivity index (χ2n) is 6.55. The quantitative estimate of drug-likeness (QED) is 0.841. The van der Waals surface area contributed by atoms with Crippen molar-refractivity contribution in [2.45, 2.75) is 32.1 Å². The molecule has 0 atom stereocenters. The van der Waals surface area contributed by atoms with Gasteiger partial charge < -0.3 is 19.7 Å². The molecule has 2 aliphatic heterocycles. The second kappa shape index (κ2) is 8.13. The lowest BCUT2D eigenvalue weighted by atomic mass is 10.2. The van der Waals surface area contributed by atoms with Crippen LogP contribution in [0.1, 0.15) is 32.1 Å². The summed E-state index contributed by atoms with van der Waals surface area (Å²) in [5.41, 5.74) is -0.207. The van der Waals surface area contributed by atoms with E-state index in [-0.39, 0.29) is 17.4 Å². The molecule has 1 N–H and O–H groups in total. The molecule has 136 valence electrons. The standard InChI is InChI=1S/C17H25N5O3/c23-14-4-2-1-3-8-20(14)9-5-15(24)21-10-12-22(13-11-21)16-17(25)19-7-6-18-16/h6-7H,1-5,8-13H2,(H,19,25). The van der Waals surface area contributed by atoms with E-state index < -0.39 is 0 Å². The maximum atomic E-state index is 12.4. The van der Waals surface area contributed by atoms with Crippen LogP contribution in [-0.2, 0) is 9.59 Å². The van der Waals surface area contributed by atoms with E-state index in [1.54, 1.807) is 6.20 Å². The maximum Gasteiger partial charge on any atom is 0.290 e. The summed E-state index contributed by atoms with van der Waals surface area (Å²) in [7, 11) is 0. The number of amides is 2. The topological polar surface area (TPSA) is 89.6 Å². The number of carbonyl (C=O) groups is 2. The molecule has 2 amide bonds. The van der Waals surface area contributed by atoms with Crippen molar-refractivity contribution in [1.29, 1.82) is 0 Å². The largest absolute Gasteiger partial charge is 0.348 e. The average Bonchev–Trinajstić information content (AvgIpc) is 2.84. The number of aromatic nitrogens is 2. The summed E-state index contributed by atoms with van der Waals surface area (Å²) >= 11 is 0. The van der Waals surface area contributed by atoms with Crippen molar-refractivity contribution in [2.75, 3.05) is 44.2 Å². The molecule has 1 aromatic rings. The molecule has 3 rings (SSSR count). The van der Waals surface area contributed by atoms with Gasteiger partial charge in [-0.3, -0.25) is 14.4 Å². The van der Waals surface area contributed by atoms with Crippen molar-refractivity contribution < 1.29 is 9.59 Å². The van der Waals surface area contributed by atoms with Gasteiger partial charge in [-0.2, -0.15) is 0 Å². The molecule has 0 aromatic carbocycles. The molecule has 2 fully saturated rings. The highest BCUT2D eigenvalue weighted by Crippen LogP contribution is 2.13. The number of nitrogens with one attached hydrogen (secondary N) is 1. The monoisotopic (exact) mass is 347 g/mol. The van der Waals surface area contributed by atoms with E-state index in [1.807, 2.05) is 14.7 Å². The molecule has 0 spiro atoms. The van der Waals surface area contributed by atoms with Crippen molar-refractivity contribution in [1.82, 2.24) is 19.8 Å². The van der Waals surface area contributed by atoms with Crippen LogP contribution in [0.25, 0.3) is 0 Å². The zero-order chi connectivity index (χ0) is 17.6. The molecular weight excluding hydrogens is 322 g/mol. The first-order chi connectivity index (χ1) is 12.1. The molecule has 25 heavy (non-hydrogen) atoms. The van der Waals surface area contributed by atoms with Crippen LogP contribution < -0.4 is 10.5 Å². The predicted octanol–water partition coefficient (Wildman–Crippen LogP) is 0.211. The summed E-state index contributed by atoms with van der Waals surface area (Å²) in [5, 5.41) is 0. The Balaban J connectivity index is 1.47. The minimum Gasteiger partial charge on any atom is -0.348 e. The molecule has 0 saturated carbocycles. The summed E-state index contributed by atoms with van der Waals surface area (Å²) in [5.74, 6) is 0.654. The van der Waals surface area contributed by atoms with E-state index in [0.717, 1.165) is 25.8 Å². The normalized spacial score (nSPS) is 19.0. The molecule has 0 radical (unpaired) electrons. The smallest absolute Gasteiger partial charge is 0.290 e. The third-order valence-corrected chi connectivity index (χ3v) is 4.89. The van der Waals surface area contributed by atoms with E-state index in [9.17, 15) is 14.4 Å². The van der Waals surface area contributed by atoms with Crippen LogP contribution in [-0.4, -0.2) is 70.9 Å². The number of hydrogen-bond acceptors (Lipinski definition) is 5. The van der Waals surface area contributed by atoms with Gasteiger partial charge >= 0.3 is 0 Å². The van der Waals surface area contributed by atoms with E-state index in [4.69, 9.17) is 0 Å². The van der Waals surface area contributed by atoms with Crippen LogP contribution in [0.5, 0.6) is 0 Å². The number of aromatic amines is 1. The lowest BCUT2D eigenvalue weighted by Gasteiger charge is -2.35. The molecule has 2 aliphatic rings. The van der Waals surface area contributed by atoms with Crippen LogP contribution in [0.3, 0.4) is 0 Å². The van der Waals surface area contributed by atoms with Gasteiger partial charge in [-0.05, 0) is 12.8 Å². The number of H-pyrrole nitrogens is 1. The summed E-state index contributed by atoms with van der Waals surface area (Å²) in [6, 6.07) is 0. The van der Waals surface area contributed by atoms with Gasteiger partial charge in [0, 0.05) is 64.5 Å². The number of hydrogen-bond donors (Lipinski definition) is 1. The van der Waals surface area contributed by atoms with Crippen molar-refractivity contribution >= 4 is 17.6 Å². The molecule has 0 aliphatic carbocycles. The van der Waals surface area contributed by atoms with Crippen LogP contribution in [0.15, 0.2) is 17.2 Å². The first kappa shape index (κ1) is 17.4. The fraction of sp³-hybridized carbons (Fsp3) is 0.647. The third-order valence-electron chi connectivity index (χ3n) is 4.89. The Morgan fingerprint density at radius 3 is 2.64 bits per heavy atom. The maximum absolute atomic E-state index is 12.4. The first-order valence-electron chi connectivity index (χ1n) is 8.99. The first-order valence-corrected chi connectivity index (χ1v) is 8.99. The van der Waals surface area contributed by atoms with E-state index in [1.165, 1.54) is 6.20 Å². The molecule has 0 bridgehead atoms. The minimum absolute atomic E-state index is 0.0756. The van der Waals surface area contributed by atoms with E-state index in [2.05, 4.69) is 9.97 Å². The van der Waals surface area contributed by atoms with Crippen LogP contribution >= 0.6 is 0 Å². The van der Waals surface area contributed by atoms with Gasteiger partial charge in [0.1, 0.15) is 0 Å². The van der Waals surface area contributed by atoms with Gasteiger partial charge in [0.15, 0.2) is 5.82 Å². The van der Waals surface area contributed by atoms with Gasteiger partial charge in [0.05, 0.1) is 0 Å². The lowest BCUT2D eigenvalue weighted by Crippen LogP contribution is -2.50. The van der Waals surface area contributed by atoms with Gasteiger partial charge in [-0.1, -0.05) is 6.42 Å². The fourth-order valence-electron chi connectivity index (χ4n) is 3.40. The Labute approximate surface area is 146 Å². The highest BCUT2D eigenvalue weighted by Gasteiger charge is 2.24. The van der Waals surface area contributed by atoms with Crippen molar-refractivity contribution in [3.8, 4) is 0 Å². The third kappa shape index (κ3) is 4.37. The molecular formula is C17H25N5O3. The Kier molecular flexibility index (Phi) is 5.67. The zero-order valence-electron chi connectivity index (χ0n) is 14.4. The van der Waals surface area contributed by atoms with Crippen molar-refractivity contribution in [3.05, 3.63) is 22.7 Å². The average molecular weight is 347 g/mol. The van der Waals surface area contributed by atoms with Crippen LogP contribution in [0.2, 0.25) is 0 Å².